The first-order valence-electron chi connectivity index (χ1n) is 6.69. The fourth-order valence-corrected chi connectivity index (χ4v) is 3.87. The molecule has 0 aliphatic carbocycles. The summed E-state index contributed by atoms with van der Waals surface area (Å²) in [4.78, 5) is 1.03. The normalized spacial score (nSPS) is 11.8. The molecule has 4 nitrogen and oxygen atoms in total. The molecule has 0 aliphatic rings. The average Bonchev–Trinajstić information content (AvgIpc) is 3.00. The fourth-order valence-electron chi connectivity index (χ4n) is 2.04. The van der Waals surface area contributed by atoms with E-state index in [4.69, 9.17) is 4.74 Å². The number of nitrogens with zero attached hydrogens (tertiary/aromatic N) is 1. The Morgan fingerprint density at radius 2 is 1.90 bits per heavy atom. The average molecular weight is 325 g/mol. The lowest BCUT2D eigenvalue weighted by Crippen LogP contribution is -2.31. The van der Waals surface area contributed by atoms with Crippen LogP contribution in [0.1, 0.15) is 17.4 Å². The number of para-hydroxylation sites is 1. The predicted molar refractivity (Wildman–Crippen MR) is 86.0 cm³/mol. The van der Waals surface area contributed by atoms with Crippen molar-refractivity contribution in [3.8, 4) is 5.75 Å². The fraction of sp³-hybridized carbons (Fsp3) is 0.333. The van der Waals surface area contributed by atoms with E-state index in [2.05, 4.69) is 0 Å². The van der Waals surface area contributed by atoms with Crippen LogP contribution in [-0.4, -0.2) is 25.6 Å². The molecule has 6 heteroatoms. The maximum absolute atomic E-state index is 12.3. The molecule has 0 radical (unpaired) electrons. The van der Waals surface area contributed by atoms with Gasteiger partial charge < -0.3 is 4.74 Å². The van der Waals surface area contributed by atoms with Crippen molar-refractivity contribution in [1.82, 2.24) is 4.31 Å². The monoisotopic (exact) mass is 325 g/mol. The molecule has 2 rings (SSSR count). The zero-order chi connectivity index (χ0) is 15.3. The van der Waals surface area contributed by atoms with Crippen LogP contribution in [0, 0.1) is 0 Å². The van der Waals surface area contributed by atoms with Crippen molar-refractivity contribution < 1.29 is 13.2 Å². The van der Waals surface area contributed by atoms with Crippen LogP contribution in [-0.2, 0) is 23.1 Å². The predicted octanol–water partition coefficient (Wildman–Crippen LogP) is 3.11. The van der Waals surface area contributed by atoms with Crippen molar-refractivity contribution in [2.24, 2.45) is 0 Å². The summed E-state index contributed by atoms with van der Waals surface area (Å²) in [6.45, 7) is 2.38. The third-order valence-corrected chi connectivity index (χ3v) is 5.85. The van der Waals surface area contributed by atoms with Crippen molar-refractivity contribution in [3.05, 3.63) is 52.2 Å². The maximum atomic E-state index is 12.3. The highest BCUT2D eigenvalue weighted by atomic mass is 32.2. The highest BCUT2D eigenvalue weighted by Crippen LogP contribution is 2.23. The molecule has 0 aliphatic heterocycles. The lowest BCUT2D eigenvalue weighted by Gasteiger charge is -2.22. The summed E-state index contributed by atoms with van der Waals surface area (Å²) in [5.74, 6) is 0.799. The molecule has 21 heavy (non-hydrogen) atoms. The summed E-state index contributed by atoms with van der Waals surface area (Å²) >= 11 is 1.56. The van der Waals surface area contributed by atoms with Gasteiger partial charge in [-0.1, -0.05) is 24.3 Å². The molecule has 2 aromatic rings. The van der Waals surface area contributed by atoms with Crippen LogP contribution in [0.2, 0.25) is 0 Å². The molecule has 0 unspecified atom stereocenters. The number of hydrogen-bond acceptors (Lipinski definition) is 4. The van der Waals surface area contributed by atoms with E-state index in [1.54, 1.807) is 25.4 Å². The molecule has 0 spiro atoms. The number of sulfonamides is 1. The van der Waals surface area contributed by atoms with Crippen LogP contribution >= 0.6 is 11.3 Å². The van der Waals surface area contributed by atoms with E-state index in [1.165, 1.54) is 4.31 Å². The smallest absolute Gasteiger partial charge is 0.214 e. The summed E-state index contributed by atoms with van der Waals surface area (Å²) in [6.07, 6.45) is 0. The zero-order valence-electron chi connectivity index (χ0n) is 12.2. The quantitative estimate of drug-likeness (QED) is 0.786. The van der Waals surface area contributed by atoms with Crippen LogP contribution in [0.25, 0.3) is 0 Å². The summed E-state index contributed by atoms with van der Waals surface area (Å²) < 4.78 is 31.5. The maximum Gasteiger partial charge on any atom is 0.214 e. The summed E-state index contributed by atoms with van der Waals surface area (Å²) in [6, 6.07) is 11.4. The van der Waals surface area contributed by atoms with Gasteiger partial charge in [0.1, 0.15) is 5.75 Å². The number of rotatable bonds is 7. The Morgan fingerprint density at radius 1 is 1.14 bits per heavy atom. The van der Waals surface area contributed by atoms with E-state index in [0.717, 1.165) is 10.4 Å². The Bertz CT molecular complexity index is 666. The minimum absolute atomic E-state index is 0.0908. The van der Waals surface area contributed by atoms with Crippen LogP contribution in [0.4, 0.5) is 0 Å². The summed E-state index contributed by atoms with van der Waals surface area (Å²) in [5, 5.41) is 1.95. The van der Waals surface area contributed by atoms with Crippen LogP contribution in [0.5, 0.6) is 5.75 Å². The van der Waals surface area contributed by atoms with Crippen molar-refractivity contribution in [1.29, 1.82) is 0 Å². The van der Waals surface area contributed by atoms with Crippen molar-refractivity contribution in [2.45, 2.75) is 20.0 Å². The SMILES string of the molecule is CCS(=O)(=O)N(Cc1cccs1)Cc1ccccc1OC. The molecule has 0 saturated carbocycles. The third kappa shape index (κ3) is 4.06. The van der Waals surface area contributed by atoms with Gasteiger partial charge in [-0.25, -0.2) is 8.42 Å². The first-order valence-corrected chi connectivity index (χ1v) is 9.17. The molecular formula is C15H19NO3S2. The first-order chi connectivity index (χ1) is 10.1. The molecule has 0 fully saturated rings. The molecule has 1 heterocycles. The molecule has 0 N–H and O–H groups in total. The molecule has 0 atom stereocenters. The molecule has 0 bridgehead atoms. The van der Waals surface area contributed by atoms with E-state index in [0.29, 0.717) is 18.8 Å². The Balaban J connectivity index is 2.27. The highest BCUT2D eigenvalue weighted by molar-refractivity contribution is 7.89. The Kier molecular flexibility index (Phi) is 5.39. The van der Waals surface area contributed by atoms with E-state index in [9.17, 15) is 8.42 Å². The van der Waals surface area contributed by atoms with E-state index >= 15 is 0 Å². The van der Waals surface area contributed by atoms with Crippen LogP contribution in [0.3, 0.4) is 0 Å². The lowest BCUT2D eigenvalue weighted by molar-refractivity contribution is 0.377. The zero-order valence-corrected chi connectivity index (χ0v) is 13.8. The van der Waals surface area contributed by atoms with Crippen molar-refractivity contribution >= 4 is 21.4 Å². The third-order valence-electron chi connectivity index (χ3n) is 3.21. The topological polar surface area (TPSA) is 46.6 Å². The van der Waals surface area contributed by atoms with Gasteiger partial charge in [0, 0.05) is 23.5 Å². The summed E-state index contributed by atoms with van der Waals surface area (Å²) in [5.41, 5.74) is 0.869. The van der Waals surface area contributed by atoms with E-state index in [-0.39, 0.29) is 5.75 Å². The second-order valence-corrected chi connectivity index (χ2v) is 7.85. The second-order valence-electron chi connectivity index (χ2n) is 4.56. The van der Waals surface area contributed by atoms with Gasteiger partial charge in [-0.2, -0.15) is 4.31 Å². The lowest BCUT2D eigenvalue weighted by atomic mass is 10.2. The van der Waals surface area contributed by atoms with Crippen molar-refractivity contribution in [3.63, 3.8) is 0 Å². The minimum atomic E-state index is -3.28. The molecule has 114 valence electrons. The molecule has 1 aromatic heterocycles. The van der Waals surface area contributed by atoms with Gasteiger partial charge in [0.05, 0.1) is 12.9 Å². The van der Waals surface area contributed by atoms with Crippen LogP contribution in [0.15, 0.2) is 41.8 Å². The van der Waals surface area contributed by atoms with Gasteiger partial charge in [-0.15, -0.1) is 11.3 Å². The standard InChI is InChI=1S/C15H19NO3S2/c1-3-21(17,18)16(12-14-8-6-10-20-14)11-13-7-4-5-9-15(13)19-2/h4-10H,3,11-12H2,1-2H3. The van der Waals surface area contributed by atoms with Gasteiger partial charge in [-0.05, 0) is 24.4 Å². The summed E-state index contributed by atoms with van der Waals surface area (Å²) in [7, 11) is -1.68. The Hall–Kier alpha value is -1.37. The molecule has 0 amide bonds. The van der Waals surface area contributed by atoms with E-state index < -0.39 is 10.0 Å². The minimum Gasteiger partial charge on any atom is -0.496 e. The van der Waals surface area contributed by atoms with Gasteiger partial charge in [0.15, 0.2) is 0 Å². The number of benzene rings is 1. The van der Waals surface area contributed by atoms with Gasteiger partial charge >= 0.3 is 0 Å². The number of methoxy groups -OCH3 is 1. The van der Waals surface area contributed by atoms with Gasteiger partial charge in [0.2, 0.25) is 10.0 Å². The van der Waals surface area contributed by atoms with E-state index in [1.807, 2.05) is 41.8 Å². The molecular weight excluding hydrogens is 306 g/mol. The first kappa shape index (κ1) is 16.0. The highest BCUT2D eigenvalue weighted by Gasteiger charge is 2.22. The van der Waals surface area contributed by atoms with Gasteiger partial charge in [0.25, 0.3) is 0 Å². The Labute approximate surface area is 130 Å². The largest absolute Gasteiger partial charge is 0.496 e. The number of thiophene rings is 1. The van der Waals surface area contributed by atoms with Gasteiger partial charge in [-0.3, -0.25) is 0 Å². The number of hydrogen-bond donors (Lipinski definition) is 0. The van der Waals surface area contributed by atoms with Crippen LogP contribution < -0.4 is 4.74 Å². The second kappa shape index (κ2) is 7.06. The number of ether oxygens (including phenoxy) is 1. The Morgan fingerprint density at radius 3 is 2.52 bits per heavy atom. The molecule has 0 saturated heterocycles. The molecule has 1 aromatic carbocycles. The van der Waals surface area contributed by atoms with Crippen molar-refractivity contribution in [2.75, 3.05) is 12.9 Å².